The van der Waals surface area contributed by atoms with Gasteiger partial charge in [0.1, 0.15) is 5.84 Å². The molecule has 1 rings (SSSR count). The summed E-state index contributed by atoms with van der Waals surface area (Å²) in [5, 5.41) is 0. The molecule has 0 aromatic carbocycles. The van der Waals surface area contributed by atoms with Gasteiger partial charge in [0.15, 0.2) is 0 Å². The van der Waals surface area contributed by atoms with E-state index in [1.807, 2.05) is 25.8 Å². The molecule has 0 aliphatic carbocycles. The summed E-state index contributed by atoms with van der Waals surface area (Å²) in [6, 6.07) is 0. The van der Waals surface area contributed by atoms with E-state index in [4.69, 9.17) is 0 Å². The number of aliphatic imine (C=N–C) groups is 1. The van der Waals surface area contributed by atoms with Crippen molar-refractivity contribution in [1.82, 2.24) is 4.90 Å². The summed E-state index contributed by atoms with van der Waals surface area (Å²) >= 11 is 0. The predicted octanol–water partition coefficient (Wildman–Crippen LogP) is 4.60. The Bertz CT molecular complexity index is 227. The van der Waals surface area contributed by atoms with Gasteiger partial charge in [-0.1, -0.05) is 46.3 Å². The van der Waals surface area contributed by atoms with Crippen LogP contribution in [0.15, 0.2) is 29.5 Å². The van der Waals surface area contributed by atoms with Gasteiger partial charge >= 0.3 is 0 Å². The smallest absolute Gasteiger partial charge is 0.107 e. The van der Waals surface area contributed by atoms with Crippen LogP contribution in [0.25, 0.3) is 0 Å². The molecule has 0 atom stereocenters. The van der Waals surface area contributed by atoms with E-state index >= 15 is 0 Å². The maximum atomic E-state index is 4.16. The second-order valence-electron chi connectivity index (χ2n) is 3.41. The first kappa shape index (κ1) is 17.3. The van der Waals surface area contributed by atoms with Crippen LogP contribution in [0.5, 0.6) is 0 Å². The third kappa shape index (κ3) is 7.27. The van der Waals surface area contributed by atoms with Crippen molar-refractivity contribution >= 4 is 5.84 Å². The summed E-state index contributed by atoms with van der Waals surface area (Å²) in [6.07, 6.45) is 7.28. The number of nitrogens with zero attached hydrogens (tertiary/aromatic N) is 2. The molecule has 0 radical (unpaired) electrons. The lowest BCUT2D eigenvalue weighted by Crippen LogP contribution is -2.23. The van der Waals surface area contributed by atoms with Crippen LogP contribution in [0.2, 0.25) is 0 Å². The Hall–Kier alpha value is -1.05. The molecule has 2 nitrogen and oxygen atoms in total. The normalized spacial score (nSPS) is 16.5. The summed E-state index contributed by atoms with van der Waals surface area (Å²) in [7, 11) is 1.82. The summed E-state index contributed by atoms with van der Waals surface area (Å²) in [5.41, 5.74) is 1.39. The summed E-state index contributed by atoms with van der Waals surface area (Å²) in [5.74, 6) is 1.10. The molecule has 0 amide bonds. The van der Waals surface area contributed by atoms with E-state index in [2.05, 4.69) is 38.5 Å². The van der Waals surface area contributed by atoms with E-state index in [0.29, 0.717) is 0 Å². The quantitative estimate of drug-likeness (QED) is 0.635. The molecule has 16 heavy (non-hydrogen) atoms. The van der Waals surface area contributed by atoms with Gasteiger partial charge in [-0.25, -0.2) is 0 Å². The maximum Gasteiger partial charge on any atom is 0.107 e. The molecule has 2 heteroatoms. The lowest BCUT2D eigenvalue weighted by atomic mass is 10.1. The van der Waals surface area contributed by atoms with Gasteiger partial charge in [-0.05, 0) is 13.3 Å². The minimum Gasteiger partial charge on any atom is -0.313 e. The lowest BCUT2D eigenvalue weighted by Gasteiger charge is -2.23. The van der Waals surface area contributed by atoms with E-state index in [9.17, 15) is 0 Å². The number of allylic oxidation sites excluding steroid dienone is 1. The van der Waals surface area contributed by atoms with Gasteiger partial charge in [-0.2, -0.15) is 0 Å². The number of hydrogen-bond acceptors (Lipinski definition) is 1. The molecule has 0 spiro atoms. The Morgan fingerprint density at radius 3 is 2.25 bits per heavy atom. The van der Waals surface area contributed by atoms with Crippen LogP contribution in [0.1, 0.15) is 53.9 Å². The standard InChI is InChI=1S/C9H14N2.C3H8.C2H6/c1-4-11-7-8(2)5-6-9(11)10-3;1-3-2;1-2/h4,7H,1,5-6H2,2-3H3;3H2,1-2H3;1-2H3. The van der Waals surface area contributed by atoms with Gasteiger partial charge in [-0.3, -0.25) is 4.99 Å². The SMILES string of the molecule is C=CN1C=C(C)CCC1=NC.CC.CCC. The minimum atomic E-state index is 1.03. The first-order valence-corrected chi connectivity index (χ1v) is 6.23. The van der Waals surface area contributed by atoms with Gasteiger partial charge in [0.2, 0.25) is 0 Å². The molecular formula is C14H28N2. The Kier molecular flexibility index (Phi) is 13.0. The Morgan fingerprint density at radius 2 is 1.88 bits per heavy atom. The van der Waals surface area contributed by atoms with Crippen LogP contribution < -0.4 is 0 Å². The third-order valence-electron chi connectivity index (χ3n) is 1.86. The Balaban J connectivity index is 0. The van der Waals surface area contributed by atoms with Crippen molar-refractivity contribution < 1.29 is 0 Å². The molecule has 94 valence electrons. The first-order chi connectivity index (χ1) is 7.69. The number of amidine groups is 1. The second-order valence-corrected chi connectivity index (χ2v) is 3.41. The summed E-state index contributed by atoms with van der Waals surface area (Å²) < 4.78 is 0. The highest BCUT2D eigenvalue weighted by atomic mass is 15.2. The van der Waals surface area contributed by atoms with E-state index < -0.39 is 0 Å². The lowest BCUT2D eigenvalue weighted by molar-refractivity contribution is 0.678. The van der Waals surface area contributed by atoms with Gasteiger partial charge in [0.05, 0.1) is 0 Å². The third-order valence-corrected chi connectivity index (χ3v) is 1.86. The van der Waals surface area contributed by atoms with Crippen molar-refractivity contribution in [2.45, 2.75) is 53.9 Å². The molecule has 1 heterocycles. The van der Waals surface area contributed by atoms with Crippen LogP contribution in [0, 0.1) is 0 Å². The highest BCUT2D eigenvalue weighted by molar-refractivity contribution is 5.85. The zero-order valence-electron chi connectivity index (χ0n) is 11.9. The van der Waals surface area contributed by atoms with Crippen molar-refractivity contribution in [1.29, 1.82) is 0 Å². The Labute approximate surface area is 102 Å². The average Bonchev–Trinajstić information content (AvgIpc) is 2.32. The number of rotatable bonds is 1. The van der Waals surface area contributed by atoms with E-state index in [1.54, 1.807) is 6.20 Å². The molecule has 0 aromatic heterocycles. The minimum absolute atomic E-state index is 1.03. The monoisotopic (exact) mass is 224 g/mol. The van der Waals surface area contributed by atoms with Crippen LogP contribution in [-0.4, -0.2) is 17.8 Å². The highest BCUT2D eigenvalue weighted by Crippen LogP contribution is 2.15. The molecule has 0 fully saturated rings. The van der Waals surface area contributed by atoms with E-state index in [-0.39, 0.29) is 0 Å². The fourth-order valence-corrected chi connectivity index (χ4v) is 1.20. The zero-order chi connectivity index (χ0) is 13.0. The van der Waals surface area contributed by atoms with Gasteiger partial charge in [0, 0.05) is 25.9 Å². The molecule has 0 saturated carbocycles. The van der Waals surface area contributed by atoms with Crippen molar-refractivity contribution in [2.75, 3.05) is 7.05 Å². The number of hydrogen-bond donors (Lipinski definition) is 0. The maximum absolute atomic E-state index is 4.16. The van der Waals surface area contributed by atoms with Crippen LogP contribution in [0.3, 0.4) is 0 Å². The van der Waals surface area contributed by atoms with Crippen molar-refractivity contribution in [2.24, 2.45) is 4.99 Å². The fourth-order valence-electron chi connectivity index (χ4n) is 1.20. The van der Waals surface area contributed by atoms with Gasteiger partial charge < -0.3 is 4.90 Å². The van der Waals surface area contributed by atoms with Crippen LogP contribution >= 0.6 is 0 Å². The molecule has 0 saturated heterocycles. The molecule has 1 aliphatic rings. The van der Waals surface area contributed by atoms with Crippen LogP contribution in [-0.2, 0) is 0 Å². The summed E-state index contributed by atoms with van der Waals surface area (Å²) in [4.78, 5) is 6.15. The first-order valence-electron chi connectivity index (χ1n) is 6.23. The Morgan fingerprint density at radius 1 is 1.38 bits per heavy atom. The largest absolute Gasteiger partial charge is 0.313 e. The fraction of sp³-hybridized carbons (Fsp3) is 0.643. The molecule has 0 bridgehead atoms. The average molecular weight is 224 g/mol. The molecular weight excluding hydrogens is 196 g/mol. The molecule has 1 aliphatic heterocycles. The molecule has 0 aromatic rings. The van der Waals surface area contributed by atoms with E-state index in [1.165, 1.54) is 12.0 Å². The van der Waals surface area contributed by atoms with Gasteiger partial charge in [0.25, 0.3) is 0 Å². The zero-order valence-corrected chi connectivity index (χ0v) is 11.9. The molecule has 0 unspecified atom stereocenters. The van der Waals surface area contributed by atoms with Crippen molar-refractivity contribution in [3.8, 4) is 0 Å². The van der Waals surface area contributed by atoms with Crippen molar-refractivity contribution in [3.63, 3.8) is 0 Å². The highest BCUT2D eigenvalue weighted by Gasteiger charge is 2.10. The van der Waals surface area contributed by atoms with Gasteiger partial charge in [-0.15, -0.1) is 0 Å². The van der Waals surface area contributed by atoms with Crippen molar-refractivity contribution in [3.05, 3.63) is 24.6 Å². The van der Waals surface area contributed by atoms with Crippen LogP contribution in [0.4, 0.5) is 0 Å². The second kappa shape index (κ2) is 12.0. The summed E-state index contributed by atoms with van der Waals surface area (Å²) in [6.45, 7) is 14.1. The topological polar surface area (TPSA) is 15.6 Å². The molecule has 0 N–H and O–H groups in total. The predicted molar refractivity (Wildman–Crippen MR) is 75.7 cm³/mol. The van der Waals surface area contributed by atoms with E-state index in [0.717, 1.165) is 18.7 Å².